The number of hydrogen-bond donors (Lipinski definition) is 0. The molecule has 2 nitrogen and oxygen atoms in total. The van der Waals surface area contributed by atoms with Gasteiger partial charge >= 0.3 is 0 Å². The molecule has 0 heterocycles. The fourth-order valence-electron chi connectivity index (χ4n) is 2.07. The zero-order valence-corrected chi connectivity index (χ0v) is 12.0. The van der Waals surface area contributed by atoms with E-state index >= 15 is 0 Å². The van der Waals surface area contributed by atoms with E-state index in [1.54, 1.807) is 12.1 Å². The molecule has 0 saturated heterocycles. The van der Waals surface area contributed by atoms with Crippen LogP contribution in [0.3, 0.4) is 0 Å². The summed E-state index contributed by atoms with van der Waals surface area (Å²) >= 11 is 0. The number of nitrogens with zero attached hydrogens (tertiary/aromatic N) is 1. The average molecular weight is 288 g/mol. The van der Waals surface area contributed by atoms with E-state index in [1.807, 2.05) is 61.5 Å². The van der Waals surface area contributed by atoms with Crippen molar-refractivity contribution in [2.45, 2.75) is 20.4 Å². The molecule has 1 unspecified atom stereocenters. The van der Waals surface area contributed by atoms with Gasteiger partial charge in [-0.2, -0.15) is 0 Å². The number of aryl methyl sites for hydroxylation is 1. The van der Waals surface area contributed by atoms with Crippen molar-refractivity contribution in [3.63, 3.8) is 0 Å². The predicted molar refractivity (Wildman–Crippen MR) is 90.7 cm³/mol. The Kier molecular flexibility index (Phi) is 5.35. The van der Waals surface area contributed by atoms with Crippen LogP contribution in [0.25, 0.3) is 0 Å². The van der Waals surface area contributed by atoms with Gasteiger partial charge in [0.2, 0.25) is 0 Å². The maximum absolute atomic E-state index is 7.78. The van der Waals surface area contributed by atoms with Crippen LogP contribution < -0.4 is 0 Å². The van der Waals surface area contributed by atoms with E-state index in [1.165, 1.54) is 0 Å². The summed E-state index contributed by atoms with van der Waals surface area (Å²) in [4.78, 5) is 2.04. The Bertz CT molecular complexity index is 612. The van der Waals surface area contributed by atoms with Gasteiger partial charge in [0.15, 0.2) is 0 Å². The molecule has 1 atom stereocenters. The molecule has 0 aliphatic heterocycles. The highest BCUT2D eigenvalue weighted by molar-refractivity contribution is 5.35. The van der Waals surface area contributed by atoms with Gasteiger partial charge in [-0.1, -0.05) is 62.0 Å². The summed E-state index contributed by atoms with van der Waals surface area (Å²) in [6.07, 6.45) is -0.382. The number of ether oxygens (including phenoxy) is 1. The summed E-state index contributed by atoms with van der Waals surface area (Å²) in [7, 11) is 3.97. The lowest BCUT2D eigenvalue weighted by molar-refractivity contribution is 0.0683. The minimum Gasteiger partial charge on any atom is -0.367 e. The monoisotopic (exact) mass is 288 g/mol. The van der Waals surface area contributed by atoms with E-state index in [9.17, 15) is 0 Å². The third kappa shape index (κ3) is 5.00. The molecule has 2 heteroatoms. The van der Waals surface area contributed by atoms with Crippen molar-refractivity contribution in [1.82, 2.24) is 4.90 Å². The van der Waals surface area contributed by atoms with Gasteiger partial charge in [-0.3, -0.25) is 0 Å². The van der Waals surface area contributed by atoms with Crippen LogP contribution in [0.15, 0.2) is 54.6 Å². The standard InChI is InChI=1S/C18H23NO.CH4/c1-15-9-7-8-12-17(15)18(20-14-13-19(2)3)16-10-5-4-6-11-16;/h4-12,18H,13-14H2,1-3H3;1H4/i1D3;. The minimum atomic E-state index is -2.16. The molecular weight excluding hydrogens is 258 g/mol. The second-order valence-electron chi connectivity index (χ2n) is 5.05. The molecule has 2 aromatic rings. The Labute approximate surface area is 133 Å². The lowest BCUT2D eigenvalue weighted by atomic mass is 9.97. The highest BCUT2D eigenvalue weighted by Gasteiger charge is 2.16. The highest BCUT2D eigenvalue weighted by Crippen LogP contribution is 2.28. The zero-order valence-electron chi connectivity index (χ0n) is 15.0. The molecule has 0 bridgehead atoms. The van der Waals surface area contributed by atoms with Crippen LogP contribution in [0.2, 0.25) is 0 Å². The second kappa shape index (κ2) is 8.60. The van der Waals surface area contributed by atoms with Crippen molar-refractivity contribution >= 4 is 0 Å². The molecule has 21 heavy (non-hydrogen) atoms. The molecule has 0 N–H and O–H groups in total. The molecule has 0 spiro atoms. The van der Waals surface area contributed by atoms with Crippen LogP contribution in [0.1, 0.15) is 34.3 Å². The number of rotatable bonds is 6. The van der Waals surface area contributed by atoms with Gasteiger partial charge in [0.1, 0.15) is 6.10 Å². The van der Waals surface area contributed by atoms with Crippen LogP contribution in [-0.2, 0) is 4.74 Å². The Morgan fingerprint density at radius 2 is 1.71 bits per heavy atom. The van der Waals surface area contributed by atoms with Gasteiger partial charge in [-0.25, -0.2) is 0 Å². The predicted octanol–water partition coefficient (Wildman–Crippen LogP) is 4.30. The largest absolute Gasteiger partial charge is 0.367 e. The Hall–Kier alpha value is -1.64. The fraction of sp³-hybridized carbons (Fsp3) is 0.368. The maximum Gasteiger partial charge on any atom is 0.108 e. The summed E-state index contributed by atoms with van der Waals surface area (Å²) in [5.74, 6) is 0. The van der Waals surface area contributed by atoms with Gasteiger partial charge in [0, 0.05) is 10.7 Å². The van der Waals surface area contributed by atoms with Crippen molar-refractivity contribution in [3.8, 4) is 0 Å². The molecule has 0 aliphatic rings. The van der Waals surface area contributed by atoms with Crippen LogP contribution in [-0.4, -0.2) is 32.1 Å². The first-order valence-electron chi connectivity index (χ1n) is 8.30. The van der Waals surface area contributed by atoms with Crippen molar-refractivity contribution in [2.24, 2.45) is 0 Å². The topological polar surface area (TPSA) is 12.5 Å². The van der Waals surface area contributed by atoms with Gasteiger partial charge in [-0.15, -0.1) is 0 Å². The van der Waals surface area contributed by atoms with Gasteiger partial charge in [-0.05, 0) is 37.6 Å². The summed E-state index contributed by atoms with van der Waals surface area (Å²) in [5, 5.41) is 0. The first-order chi connectivity index (χ1) is 10.9. The van der Waals surface area contributed by atoms with E-state index < -0.39 is 6.85 Å². The maximum atomic E-state index is 7.78. The Morgan fingerprint density at radius 3 is 2.38 bits per heavy atom. The third-order valence-electron chi connectivity index (χ3n) is 3.17. The van der Waals surface area contributed by atoms with Gasteiger partial charge in [0.05, 0.1) is 6.61 Å². The number of benzene rings is 2. The van der Waals surface area contributed by atoms with Crippen LogP contribution in [0.5, 0.6) is 0 Å². The molecule has 114 valence electrons. The molecule has 2 rings (SSSR count). The molecular formula is C19H27NO. The molecule has 0 aliphatic carbocycles. The number of likely N-dealkylation sites (N-methyl/N-ethyl adjacent to an activating group) is 1. The fourth-order valence-corrected chi connectivity index (χ4v) is 2.07. The van der Waals surface area contributed by atoms with Crippen LogP contribution in [0, 0.1) is 6.85 Å². The first kappa shape index (κ1) is 13.1. The quantitative estimate of drug-likeness (QED) is 0.786. The van der Waals surface area contributed by atoms with E-state index in [2.05, 4.69) is 0 Å². The molecule has 0 radical (unpaired) electrons. The third-order valence-corrected chi connectivity index (χ3v) is 3.17. The van der Waals surface area contributed by atoms with Crippen LogP contribution in [0.4, 0.5) is 0 Å². The average Bonchev–Trinajstić information content (AvgIpc) is 2.51. The lowest BCUT2D eigenvalue weighted by Crippen LogP contribution is -2.20. The minimum absolute atomic E-state index is 0. The van der Waals surface area contributed by atoms with Crippen molar-refractivity contribution < 1.29 is 8.85 Å². The normalized spacial score (nSPS) is 14.7. The molecule has 0 aromatic heterocycles. The van der Waals surface area contributed by atoms with E-state index in [0.717, 1.165) is 12.1 Å². The first-order valence-corrected chi connectivity index (χ1v) is 6.80. The van der Waals surface area contributed by atoms with Crippen molar-refractivity contribution in [2.75, 3.05) is 27.2 Å². The summed E-state index contributed by atoms with van der Waals surface area (Å²) in [5.41, 5.74) is 2.01. The molecule has 2 aromatic carbocycles. The van der Waals surface area contributed by atoms with E-state index in [0.29, 0.717) is 17.7 Å². The molecule has 0 amide bonds. The second-order valence-corrected chi connectivity index (χ2v) is 5.05. The van der Waals surface area contributed by atoms with Gasteiger partial charge < -0.3 is 9.64 Å². The van der Waals surface area contributed by atoms with E-state index in [-0.39, 0.29) is 13.5 Å². The Morgan fingerprint density at radius 1 is 1.05 bits per heavy atom. The lowest BCUT2D eigenvalue weighted by Gasteiger charge is -2.22. The molecule has 0 saturated carbocycles. The molecule has 0 fully saturated rings. The van der Waals surface area contributed by atoms with Crippen molar-refractivity contribution in [1.29, 1.82) is 0 Å². The van der Waals surface area contributed by atoms with Crippen LogP contribution >= 0.6 is 0 Å². The van der Waals surface area contributed by atoms with E-state index in [4.69, 9.17) is 8.85 Å². The summed E-state index contributed by atoms with van der Waals surface area (Å²) in [6, 6.07) is 16.9. The smallest absolute Gasteiger partial charge is 0.108 e. The highest BCUT2D eigenvalue weighted by atomic mass is 16.5. The Balaban J connectivity index is 0.00000288. The SMILES string of the molecule is C.[2H]C([2H])([2H])c1ccccc1C(OCCN(C)C)c1ccccc1. The number of hydrogen-bond acceptors (Lipinski definition) is 2. The van der Waals surface area contributed by atoms with Gasteiger partial charge in [0.25, 0.3) is 0 Å². The zero-order chi connectivity index (χ0) is 16.9. The van der Waals surface area contributed by atoms with Crippen molar-refractivity contribution in [3.05, 3.63) is 71.3 Å². The summed E-state index contributed by atoms with van der Waals surface area (Å²) in [6.45, 7) is -0.851. The summed E-state index contributed by atoms with van der Waals surface area (Å²) < 4.78 is 29.4.